The Morgan fingerprint density at radius 1 is 1.19 bits per heavy atom. The van der Waals surface area contributed by atoms with E-state index in [4.69, 9.17) is 19.9 Å². The van der Waals surface area contributed by atoms with Crippen LogP contribution in [0.5, 0.6) is 5.75 Å². The number of rotatable bonds is 8. The second kappa shape index (κ2) is 8.84. The van der Waals surface area contributed by atoms with Gasteiger partial charge in [0, 0.05) is 0 Å². The first-order valence-corrected chi connectivity index (χ1v) is 6.93. The highest BCUT2D eigenvalue weighted by Crippen LogP contribution is 2.22. The van der Waals surface area contributed by atoms with Crippen LogP contribution in [-0.4, -0.2) is 31.8 Å². The van der Waals surface area contributed by atoms with E-state index in [-0.39, 0.29) is 5.56 Å². The van der Waals surface area contributed by atoms with Crippen LogP contribution in [0.3, 0.4) is 0 Å². The van der Waals surface area contributed by atoms with Gasteiger partial charge in [0.05, 0.1) is 24.5 Å². The molecule has 0 atom stereocenters. The summed E-state index contributed by atoms with van der Waals surface area (Å²) in [6.45, 7) is 4.24. The van der Waals surface area contributed by atoms with Gasteiger partial charge in [0.2, 0.25) is 0 Å². The summed E-state index contributed by atoms with van der Waals surface area (Å²) in [5, 5.41) is 0. The molecule has 0 bridgehead atoms. The standard InChI is InChI=1S/C15H21NO5/c1-3-5-8-20-14(17)10-21-15(18)11-6-7-13(19-4-2)12(16)9-11/h6-7,9H,3-5,8,10,16H2,1-2H3. The Bertz CT molecular complexity index is 487. The third-order valence-electron chi connectivity index (χ3n) is 2.63. The number of esters is 2. The maximum atomic E-state index is 11.8. The molecule has 0 fully saturated rings. The maximum Gasteiger partial charge on any atom is 0.344 e. The molecule has 6 nitrogen and oxygen atoms in total. The van der Waals surface area contributed by atoms with Crippen molar-refractivity contribution in [1.29, 1.82) is 0 Å². The van der Waals surface area contributed by atoms with E-state index < -0.39 is 18.5 Å². The minimum absolute atomic E-state index is 0.261. The highest BCUT2D eigenvalue weighted by molar-refractivity contribution is 5.92. The Labute approximate surface area is 124 Å². The molecule has 0 aliphatic heterocycles. The molecule has 1 aromatic carbocycles. The molecule has 1 rings (SSSR count). The molecule has 0 aliphatic rings. The van der Waals surface area contributed by atoms with Crippen molar-refractivity contribution in [3.05, 3.63) is 23.8 Å². The van der Waals surface area contributed by atoms with Gasteiger partial charge in [0.25, 0.3) is 0 Å². The fourth-order valence-corrected chi connectivity index (χ4v) is 1.54. The molecule has 0 aliphatic carbocycles. The lowest BCUT2D eigenvalue weighted by molar-refractivity contribution is -0.147. The Morgan fingerprint density at radius 2 is 1.95 bits per heavy atom. The zero-order chi connectivity index (χ0) is 15.7. The van der Waals surface area contributed by atoms with Gasteiger partial charge in [0.15, 0.2) is 6.61 Å². The summed E-state index contributed by atoms with van der Waals surface area (Å²) in [6.07, 6.45) is 1.72. The summed E-state index contributed by atoms with van der Waals surface area (Å²) in [5.74, 6) is -0.680. The van der Waals surface area contributed by atoms with Crippen LogP contribution in [0.2, 0.25) is 0 Å². The maximum absolute atomic E-state index is 11.8. The van der Waals surface area contributed by atoms with Crippen molar-refractivity contribution < 1.29 is 23.8 Å². The first kappa shape index (κ1) is 16.8. The molecule has 6 heteroatoms. The molecular weight excluding hydrogens is 274 g/mol. The van der Waals surface area contributed by atoms with Crippen LogP contribution in [0, 0.1) is 0 Å². The molecule has 0 unspecified atom stereocenters. The van der Waals surface area contributed by atoms with Crippen LogP contribution in [0.15, 0.2) is 18.2 Å². The number of hydrogen-bond acceptors (Lipinski definition) is 6. The number of unbranched alkanes of at least 4 members (excludes halogenated alkanes) is 1. The molecule has 0 saturated carbocycles. The first-order valence-electron chi connectivity index (χ1n) is 6.93. The summed E-state index contributed by atoms with van der Waals surface area (Å²) in [6, 6.07) is 4.58. The third-order valence-corrected chi connectivity index (χ3v) is 2.63. The fraction of sp³-hybridized carbons (Fsp3) is 0.467. The lowest BCUT2D eigenvalue weighted by atomic mass is 10.2. The lowest BCUT2D eigenvalue weighted by Crippen LogP contribution is -2.17. The van der Waals surface area contributed by atoms with Crippen LogP contribution >= 0.6 is 0 Å². The first-order chi connectivity index (χ1) is 10.1. The van der Waals surface area contributed by atoms with Crippen molar-refractivity contribution in [2.45, 2.75) is 26.7 Å². The monoisotopic (exact) mass is 295 g/mol. The van der Waals surface area contributed by atoms with E-state index in [2.05, 4.69) is 0 Å². The predicted molar refractivity (Wildman–Crippen MR) is 78.2 cm³/mol. The van der Waals surface area contributed by atoms with Gasteiger partial charge in [0.1, 0.15) is 5.75 Å². The van der Waals surface area contributed by atoms with Crippen LogP contribution < -0.4 is 10.5 Å². The van der Waals surface area contributed by atoms with Gasteiger partial charge in [-0.3, -0.25) is 0 Å². The molecule has 0 saturated heterocycles. The highest BCUT2D eigenvalue weighted by atomic mass is 16.6. The second-order valence-corrected chi connectivity index (χ2v) is 4.34. The predicted octanol–water partition coefficient (Wildman–Crippen LogP) is 2.17. The minimum atomic E-state index is -0.628. The van der Waals surface area contributed by atoms with Gasteiger partial charge in [-0.05, 0) is 31.5 Å². The Hall–Kier alpha value is -2.24. The summed E-state index contributed by atoms with van der Waals surface area (Å²) in [5.41, 5.74) is 6.36. The van der Waals surface area contributed by atoms with Crippen molar-refractivity contribution in [2.24, 2.45) is 0 Å². The molecule has 0 radical (unpaired) electrons. The average Bonchev–Trinajstić information content (AvgIpc) is 2.47. The summed E-state index contributed by atoms with van der Waals surface area (Å²) < 4.78 is 15.0. The van der Waals surface area contributed by atoms with Crippen molar-refractivity contribution in [1.82, 2.24) is 0 Å². The van der Waals surface area contributed by atoms with Crippen LogP contribution in [0.1, 0.15) is 37.0 Å². The van der Waals surface area contributed by atoms with E-state index in [1.807, 2.05) is 13.8 Å². The molecule has 0 spiro atoms. The quantitative estimate of drug-likeness (QED) is 0.449. The second-order valence-electron chi connectivity index (χ2n) is 4.34. The van der Waals surface area contributed by atoms with E-state index in [0.29, 0.717) is 24.7 Å². The normalized spacial score (nSPS) is 10.0. The van der Waals surface area contributed by atoms with Gasteiger partial charge in [-0.1, -0.05) is 13.3 Å². The zero-order valence-electron chi connectivity index (χ0n) is 12.4. The SMILES string of the molecule is CCCCOC(=O)COC(=O)c1ccc(OCC)c(N)c1. The Kier molecular flexibility index (Phi) is 7.08. The number of carbonyl (C=O) groups excluding carboxylic acids is 2. The number of anilines is 1. The minimum Gasteiger partial charge on any atom is -0.492 e. The van der Waals surface area contributed by atoms with Gasteiger partial charge >= 0.3 is 11.9 Å². The van der Waals surface area contributed by atoms with Crippen molar-refractivity contribution in [3.63, 3.8) is 0 Å². The van der Waals surface area contributed by atoms with Crippen molar-refractivity contribution >= 4 is 17.6 Å². The molecule has 116 valence electrons. The van der Waals surface area contributed by atoms with E-state index in [0.717, 1.165) is 12.8 Å². The smallest absolute Gasteiger partial charge is 0.344 e. The molecule has 21 heavy (non-hydrogen) atoms. The number of nitrogen functional groups attached to an aromatic ring is 1. The number of ether oxygens (including phenoxy) is 3. The lowest BCUT2D eigenvalue weighted by Gasteiger charge is -2.09. The topological polar surface area (TPSA) is 87.8 Å². The largest absolute Gasteiger partial charge is 0.492 e. The molecule has 2 N–H and O–H groups in total. The van der Waals surface area contributed by atoms with Crippen LogP contribution in [0.4, 0.5) is 5.69 Å². The zero-order valence-corrected chi connectivity index (χ0v) is 12.4. The van der Waals surface area contributed by atoms with Gasteiger partial charge in [-0.25, -0.2) is 9.59 Å². The average molecular weight is 295 g/mol. The summed E-state index contributed by atoms with van der Waals surface area (Å²) in [7, 11) is 0. The highest BCUT2D eigenvalue weighted by Gasteiger charge is 2.12. The van der Waals surface area contributed by atoms with E-state index in [9.17, 15) is 9.59 Å². The molecule has 0 aromatic heterocycles. The third kappa shape index (κ3) is 5.72. The van der Waals surface area contributed by atoms with Crippen LogP contribution in [-0.2, 0) is 14.3 Å². The van der Waals surface area contributed by atoms with Gasteiger partial charge in [-0.2, -0.15) is 0 Å². The number of hydrogen-bond donors (Lipinski definition) is 1. The number of carbonyl (C=O) groups is 2. The Balaban J connectivity index is 2.48. The van der Waals surface area contributed by atoms with Crippen molar-refractivity contribution in [3.8, 4) is 5.75 Å². The number of nitrogens with two attached hydrogens (primary N) is 1. The summed E-state index contributed by atoms with van der Waals surface area (Å²) >= 11 is 0. The molecule has 0 heterocycles. The fourth-order valence-electron chi connectivity index (χ4n) is 1.54. The van der Waals surface area contributed by atoms with E-state index >= 15 is 0 Å². The van der Waals surface area contributed by atoms with Gasteiger partial charge in [-0.15, -0.1) is 0 Å². The summed E-state index contributed by atoms with van der Waals surface area (Å²) in [4.78, 5) is 23.1. The molecule has 0 amide bonds. The van der Waals surface area contributed by atoms with Crippen LogP contribution in [0.25, 0.3) is 0 Å². The number of benzene rings is 1. The van der Waals surface area contributed by atoms with Gasteiger partial charge < -0.3 is 19.9 Å². The van der Waals surface area contributed by atoms with E-state index in [1.165, 1.54) is 12.1 Å². The molecule has 1 aromatic rings. The van der Waals surface area contributed by atoms with Crippen molar-refractivity contribution in [2.75, 3.05) is 25.6 Å². The molecular formula is C15H21NO5. The Morgan fingerprint density at radius 3 is 2.57 bits per heavy atom. The van der Waals surface area contributed by atoms with E-state index in [1.54, 1.807) is 6.07 Å².